The lowest BCUT2D eigenvalue weighted by molar-refractivity contribution is 1.30. The van der Waals surface area contributed by atoms with Crippen LogP contribution in [0.3, 0.4) is 0 Å². The minimum Gasteiger partial charge on any atom is -0.337 e. The topological polar surface area (TPSA) is 66.5 Å². The number of aryl methyl sites for hydroxylation is 2. The molecule has 0 radical (unpaired) electrons. The van der Waals surface area contributed by atoms with E-state index >= 15 is 0 Å². The van der Waals surface area contributed by atoms with Crippen LogP contribution in [0.2, 0.25) is 0 Å². The number of anilines is 2. The average Bonchev–Trinajstić information content (AvgIpc) is 3.42. The first kappa shape index (κ1) is 17.1. The molecule has 138 valence electrons. The first-order valence-corrected chi connectivity index (χ1v) is 10.6. The van der Waals surface area contributed by atoms with Crippen LogP contribution in [-0.4, -0.2) is 19.9 Å². The van der Waals surface area contributed by atoms with Crippen molar-refractivity contribution in [3.63, 3.8) is 0 Å². The Morgan fingerprint density at radius 2 is 2.00 bits per heavy atom. The number of hydrogen-bond donors (Lipinski definition) is 2. The van der Waals surface area contributed by atoms with Gasteiger partial charge in [-0.05, 0) is 55.8 Å². The number of aromatic amines is 1. The largest absolute Gasteiger partial charge is 0.337 e. The molecule has 5 rings (SSSR count). The fourth-order valence-electron chi connectivity index (χ4n) is 3.07. The van der Waals surface area contributed by atoms with Crippen LogP contribution in [0.25, 0.3) is 33.0 Å². The molecule has 0 aliphatic heterocycles. The zero-order chi connectivity index (χ0) is 19.1. The van der Waals surface area contributed by atoms with E-state index in [-0.39, 0.29) is 0 Å². The summed E-state index contributed by atoms with van der Waals surface area (Å²) < 4.78 is 0. The van der Waals surface area contributed by atoms with Crippen LogP contribution in [0.4, 0.5) is 10.8 Å². The highest BCUT2D eigenvalue weighted by atomic mass is 32.1. The monoisotopic (exact) mass is 403 g/mol. The molecule has 2 N–H and O–H groups in total. The lowest BCUT2D eigenvalue weighted by Crippen LogP contribution is -1.93. The van der Waals surface area contributed by atoms with E-state index in [2.05, 4.69) is 53.4 Å². The molecule has 0 saturated carbocycles. The summed E-state index contributed by atoms with van der Waals surface area (Å²) in [5.74, 6) is 0.915. The third-order valence-corrected chi connectivity index (χ3v) is 6.27. The molecular formula is C21H17N5S2. The molecule has 4 aromatic heterocycles. The first-order valence-electron chi connectivity index (χ1n) is 8.86. The molecule has 5 aromatic rings. The number of thiazole rings is 1. The van der Waals surface area contributed by atoms with Crippen molar-refractivity contribution in [2.24, 2.45) is 0 Å². The van der Waals surface area contributed by atoms with E-state index in [1.807, 2.05) is 23.7 Å². The van der Waals surface area contributed by atoms with E-state index in [9.17, 15) is 0 Å². The highest BCUT2D eigenvalue weighted by molar-refractivity contribution is 7.15. The number of fused-ring (bicyclic) bond motifs is 1. The maximum Gasteiger partial charge on any atom is 0.187 e. The summed E-state index contributed by atoms with van der Waals surface area (Å²) in [6.45, 7) is 4.20. The van der Waals surface area contributed by atoms with Gasteiger partial charge in [0.25, 0.3) is 0 Å². The van der Waals surface area contributed by atoms with Gasteiger partial charge in [0, 0.05) is 33.9 Å². The lowest BCUT2D eigenvalue weighted by atomic mass is 10.2. The molecule has 28 heavy (non-hydrogen) atoms. The fourth-order valence-corrected chi connectivity index (χ4v) is 4.62. The molecule has 0 aliphatic carbocycles. The predicted molar refractivity (Wildman–Crippen MR) is 118 cm³/mol. The second kappa shape index (κ2) is 6.85. The molecule has 5 nitrogen and oxygen atoms in total. The molecular weight excluding hydrogens is 386 g/mol. The molecule has 0 fully saturated rings. The van der Waals surface area contributed by atoms with Crippen LogP contribution in [0, 0.1) is 13.8 Å². The number of aromatic nitrogens is 4. The molecule has 0 atom stereocenters. The number of benzene rings is 1. The van der Waals surface area contributed by atoms with Gasteiger partial charge in [-0.15, -0.1) is 22.7 Å². The summed E-state index contributed by atoms with van der Waals surface area (Å²) in [4.78, 5) is 19.5. The highest BCUT2D eigenvalue weighted by Gasteiger charge is 2.11. The number of rotatable bonds is 4. The van der Waals surface area contributed by atoms with Crippen molar-refractivity contribution in [1.29, 1.82) is 0 Å². The van der Waals surface area contributed by atoms with Gasteiger partial charge in [-0.1, -0.05) is 0 Å². The van der Waals surface area contributed by atoms with Crippen LogP contribution in [0.15, 0.2) is 54.2 Å². The quantitative estimate of drug-likeness (QED) is 0.376. The van der Waals surface area contributed by atoms with E-state index in [1.165, 1.54) is 4.88 Å². The number of imidazole rings is 1. The second-order valence-electron chi connectivity index (χ2n) is 6.58. The molecule has 0 unspecified atom stereocenters. The van der Waals surface area contributed by atoms with Gasteiger partial charge in [-0.3, -0.25) is 4.98 Å². The zero-order valence-electron chi connectivity index (χ0n) is 15.4. The Hall–Kier alpha value is -3.03. The van der Waals surface area contributed by atoms with Crippen molar-refractivity contribution in [1.82, 2.24) is 19.9 Å². The second-order valence-corrected chi connectivity index (χ2v) is 8.73. The van der Waals surface area contributed by atoms with Crippen molar-refractivity contribution in [2.45, 2.75) is 13.8 Å². The lowest BCUT2D eigenvalue weighted by Gasteiger charge is -2.06. The summed E-state index contributed by atoms with van der Waals surface area (Å²) in [5.41, 5.74) is 6.08. The summed E-state index contributed by atoms with van der Waals surface area (Å²) in [6.07, 6.45) is 3.59. The predicted octanol–water partition coefficient (Wildman–Crippen LogP) is 6.17. The van der Waals surface area contributed by atoms with Crippen LogP contribution in [-0.2, 0) is 0 Å². The van der Waals surface area contributed by atoms with Gasteiger partial charge in [-0.2, -0.15) is 0 Å². The Kier molecular flexibility index (Phi) is 4.18. The Labute approximate surface area is 170 Å². The van der Waals surface area contributed by atoms with Crippen molar-refractivity contribution in [3.05, 3.63) is 64.6 Å². The van der Waals surface area contributed by atoms with Crippen LogP contribution in [0.1, 0.15) is 10.4 Å². The van der Waals surface area contributed by atoms with Gasteiger partial charge >= 0.3 is 0 Å². The van der Waals surface area contributed by atoms with Crippen molar-refractivity contribution >= 4 is 44.5 Å². The van der Waals surface area contributed by atoms with Gasteiger partial charge in [0.2, 0.25) is 0 Å². The molecule has 0 amide bonds. The highest BCUT2D eigenvalue weighted by Crippen LogP contribution is 2.32. The number of nitrogens with zero attached hydrogens (tertiary/aromatic N) is 3. The van der Waals surface area contributed by atoms with Crippen molar-refractivity contribution < 1.29 is 0 Å². The number of hydrogen-bond acceptors (Lipinski definition) is 6. The molecule has 0 bridgehead atoms. The van der Waals surface area contributed by atoms with Gasteiger partial charge in [0.05, 0.1) is 21.6 Å². The van der Waals surface area contributed by atoms with Gasteiger partial charge < -0.3 is 10.3 Å². The molecule has 1 aromatic carbocycles. The maximum atomic E-state index is 4.78. The van der Waals surface area contributed by atoms with E-state index in [0.29, 0.717) is 0 Å². The van der Waals surface area contributed by atoms with Crippen molar-refractivity contribution in [2.75, 3.05) is 5.32 Å². The first-order chi connectivity index (χ1) is 13.7. The van der Waals surface area contributed by atoms with E-state index in [1.54, 1.807) is 28.9 Å². The van der Waals surface area contributed by atoms with Crippen LogP contribution >= 0.6 is 22.7 Å². The summed E-state index contributed by atoms with van der Waals surface area (Å²) in [6, 6.07) is 12.4. The van der Waals surface area contributed by atoms with E-state index in [4.69, 9.17) is 9.97 Å². The standard InChI is InChI=1S/C21H17N5S2/c1-12-8-16-17(24-20(23-16)19-6-5-13(2)28-19)9-15(12)25-21-26-18(11-27-21)14-4-3-7-22-10-14/h3-11H,1-2H3,(H,23,24)(H,25,26). The normalized spacial score (nSPS) is 11.2. The summed E-state index contributed by atoms with van der Waals surface area (Å²) in [5, 5.41) is 6.34. The zero-order valence-corrected chi connectivity index (χ0v) is 17.0. The molecule has 4 heterocycles. The third-order valence-electron chi connectivity index (χ3n) is 4.50. The Morgan fingerprint density at radius 3 is 2.79 bits per heavy atom. The molecule has 0 spiro atoms. The fraction of sp³-hybridized carbons (Fsp3) is 0.0952. The Balaban J connectivity index is 1.46. The van der Waals surface area contributed by atoms with E-state index < -0.39 is 0 Å². The van der Waals surface area contributed by atoms with E-state index in [0.717, 1.165) is 49.4 Å². The Morgan fingerprint density at radius 1 is 1.07 bits per heavy atom. The van der Waals surface area contributed by atoms with Gasteiger partial charge in [-0.25, -0.2) is 9.97 Å². The number of pyridine rings is 1. The van der Waals surface area contributed by atoms with Gasteiger partial charge in [0.1, 0.15) is 5.82 Å². The molecule has 7 heteroatoms. The smallest absolute Gasteiger partial charge is 0.187 e. The number of H-pyrrole nitrogens is 1. The summed E-state index contributed by atoms with van der Waals surface area (Å²) >= 11 is 3.33. The van der Waals surface area contributed by atoms with Gasteiger partial charge in [0.15, 0.2) is 5.13 Å². The number of thiophene rings is 1. The SMILES string of the molecule is Cc1ccc(-c2nc3cc(Nc4nc(-c5cccnc5)cs4)c(C)cc3[nH]2)s1. The number of nitrogens with one attached hydrogen (secondary N) is 2. The maximum absolute atomic E-state index is 4.78. The minimum absolute atomic E-state index is 0.853. The third kappa shape index (κ3) is 3.19. The average molecular weight is 404 g/mol. The van der Waals surface area contributed by atoms with Crippen LogP contribution in [0.5, 0.6) is 0 Å². The van der Waals surface area contributed by atoms with Crippen LogP contribution < -0.4 is 5.32 Å². The Bertz CT molecular complexity index is 1270. The minimum atomic E-state index is 0.853. The molecule has 0 saturated heterocycles. The summed E-state index contributed by atoms with van der Waals surface area (Å²) in [7, 11) is 0. The molecule has 0 aliphatic rings. The van der Waals surface area contributed by atoms with Crippen molar-refractivity contribution in [3.8, 4) is 22.0 Å².